The maximum atomic E-state index is 13.1. The van der Waals surface area contributed by atoms with Gasteiger partial charge in [-0.15, -0.1) is 0 Å². The SMILES string of the molecule is CCOC(=O)COc1c(Br)cc(C=C2C(=O)NC(=O)N(C3CCCCC3)C2=O)cc1OC. The monoisotopic (exact) mass is 508 g/mol. The maximum Gasteiger partial charge on any atom is 0.344 e. The maximum absolute atomic E-state index is 13.1. The van der Waals surface area contributed by atoms with Gasteiger partial charge in [0.15, 0.2) is 18.1 Å². The third-order valence-corrected chi connectivity index (χ3v) is 5.86. The molecule has 10 heteroatoms. The summed E-state index contributed by atoms with van der Waals surface area (Å²) in [5.74, 6) is -1.31. The molecule has 2 aliphatic rings. The Morgan fingerprint density at radius 2 is 1.94 bits per heavy atom. The second-order valence-corrected chi connectivity index (χ2v) is 8.27. The zero-order chi connectivity index (χ0) is 23.3. The van der Waals surface area contributed by atoms with Gasteiger partial charge in [0.25, 0.3) is 11.8 Å². The molecular weight excluding hydrogens is 484 g/mol. The number of rotatable bonds is 7. The van der Waals surface area contributed by atoms with Gasteiger partial charge >= 0.3 is 12.0 Å². The van der Waals surface area contributed by atoms with Gasteiger partial charge in [0.2, 0.25) is 0 Å². The molecule has 172 valence electrons. The Labute approximate surface area is 194 Å². The average molecular weight is 509 g/mol. The van der Waals surface area contributed by atoms with E-state index in [-0.39, 0.29) is 30.6 Å². The van der Waals surface area contributed by atoms with Crippen LogP contribution in [0.2, 0.25) is 0 Å². The van der Waals surface area contributed by atoms with Crippen LogP contribution in [-0.2, 0) is 19.1 Å². The number of ether oxygens (including phenoxy) is 3. The van der Waals surface area contributed by atoms with Crippen LogP contribution in [0.25, 0.3) is 6.08 Å². The first-order valence-electron chi connectivity index (χ1n) is 10.4. The molecular formula is C22H25BrN2O7. The molecule has 1 aromatic rings. The van der Waals surface area contributed by atoms with Gasteiger partial charge in [-0.3, -0.25) is 19.8 Å². The van der Waals surface area contributed by atoms with Gasteiger partial charge < -0.3 is 14.2 Å². The lowest BCUT2D eigenvalue weighted by molar-refractivity contribution is -0.145. The minimum absolute atomic E-state index is 0.135. The van der Waals surface area contributed by atoms with Gasteiger partial charge in [-0.2, -0.15) is 0 Å². The van der Waals surface area contributed by atoms with Crippen molar-refractivity contribution in [3.8, 4) is 11.5 Å². The van der Waals surface area contributed by atoms with E-state index in [0.29, 0.717) is 15.8 Å². The number of benzene rings is 1. The van der Waals surface area contributed by atoms with E-state index in [0.717, 1.165) is 37.0 Å². The van der Waals surface area contributed by atoms with E-state index in [1.165, 1.54) is 13.2 Å². The second-order valence-electron chi connectivity index (χ2n) is 7.41. The zero-order valence-electron chi connectivity index (χ0n) is 17.9. The number of hydrogen-bond acceptors (Lipinski definition) is 7. The molecule has 1 aliphatic carbocycles. The van der Waals surface area contributed by atoms with Crippen LogP contribution in [0.5, 0.6) is 11.5 Å². The van der Waals surface area contributed by atoms with E-state index in [2.05, 4.69) is 21.2 Å². The summed E-state index contributed by atoms with van der Waals surface area (Å²) in [6, 6.07) is 2.30. The van der Waals surface area contributed by atoms with Crippen LogP contribution in [-0.4, -0.2) is 55.1 Å². The zero-order valence-corrected chi connectivity index (χ0v) is 19.5. The van der Waals surface area contributed by atoms with Crippen LogP contribution in [0.1, 0.15) is 44.6 Å². The number of nitrogens with one attached hydrogen (secondary N) is 1. The summed E-state index contributed by atoms with van der Waals surface area (Å²) in [4.78, 5) is 50.6. The summed E-state index contributed by atoms with van der Waals surface area (Å²) in [6.45, 7) is 1.63. The molecule has 2 fully saturated rings. The lowest BCUT2D eigenvalue weighted by Crippen LogP contribution is -2.58. The Morgan fingerprint density at radius 3 is 2.59 bits per heavy atom. The summed E-state index contributed by atoms with van der Waals surface area (Å²) in [7, 11) is 1.43. The van der Waals surface area contributed by atoms with E-state index >= 15 is 0 Å². The fourth-order valence-corrected chi connectivity index (χ4v) is 4.38. The van der Waals surface area contributed by atoms with Crippen molar-refractivity contribution >= 4 is 45.8 Å². The molecule has 0 spiro atoms. The fraction of sp³-hybridized carbons (Fsp3) is 0.455. The number of nitrogens with zero attached hydrogens (tertiary/aromatic N) is 1. The molecule has 0 unspecified atom stereocenters. The topological polar surface area (TPSA) is 111 Å². The Kier molecular flexibility index (Phi) is 7.89. The number of carbonyl (C=O) groups excluding carboxylic acids is 4. The number of urea groups is 1. The van der Waals surface area contributed by atoms with Gasteiger partial charge in [0.1, 0.15) is 5.57 Å². The molecule has 4 amide bonds. The molecule has 1 aromatic carbocycles. The predicted molar refractivity (Wildman–Crippen MR) is 118 cm³/mol. The number of esters is 1. The smallest absolute Gasteiger partial charge is 0.344 e. The summed E-state index contributed by atoms with van der Waals surface area (Å²) in [6.07, 6.45) is 5.81. The summed E-state index contributed by atoms with van der Waals surface area (Å²) < 4.78 is 16.2. The van der Waals surface area contributed by atoms with Crippen LogP contribution in [0.4, 0.5) is 4.79 Å². The Hall–Kier alpha value is -2.88. The highest BCUT2D eigenvalue weighted by molar-refractivity contribution is 9.10. The van der Waals surface area contributed by atoms with Crippen LogP contribution in [0.15, 0.2) is 22.2 Å². The molecule has 0 radical (unpaired) electrons. The molecule has 1 heterocycles. The molecule has 9 nitrogen and oxygen atoms in total. The molecule has 32 heavy (non-hydrogen) atoms. The predicted octanol–water partition coefficient (Wildman–Crippen LogP) is 3.19. The quantitative estimate of drug-likeness (QED) is 0.342. The van der Waals surface area contributed by atoms with E-state index < -0.39 is 23.8 Å². The van der Waals surface area contributed by atoms with Crippen molar-refractivity contribution in [3.05, 3.63) is 27.7 Å². The molecule has 1 N–H and O–H groups in total. The van der Waals surface area contributed by atoms with Crippen molar-refractivity contribution in [2.24, 2.45) is 0 Å². The Balaban J connectivity index is 1.87. The van der Waals surface area contributed by atoms with Crippen molar-refractivity contribution in [2.75, 3.05) is 20.3 Å². The second kappa shape index (κ2) is 10.6. The van der Waals surface area contributed by atoms with Crippen molar-refractivity contribution in [1.82, 2.24) is 10.2 Å². The number of hydrogen-bond donors (Lipinski definition) is 1. The first kappa shape index (κ1) is 23.8. The fourth-order valence-electron chi connectivity index (χ4n) is 3.81. The normalized spacial score (nSPS) is 18.5. The van der Waals surface area contributed by atoms with Crippen LogP contribution in [0.3, 0.4) is 0 Å². The minimum Gasteiger partial charge on any atom is -0.493 e. The van der Waals surface area contributed by atoms with Crippen LogP contribution >= 0.6 is 15.9 Å². The van der Waals surface area contributed by atoms with Gasteiger partial charge in [-0.25, -0.2) is 9.59 Å². The average Bonchev–Trinajstić information content (AvgIpc) is 2.76. The summed E-state index contributed by atoms with van der Waals surface area (Å²) in [5.41, 5.74) is 0.345. The highest BCUT2D eigenvalue weighted by atomic mass is 79.9. The highest BCUT2D eigenvalue weighted by Crippen LogP contribution is 2.37. The molecule has 0 bridgehead atoms. The Bertz CT molecular complexity index is 954. The van der Waals surface area contributed by atoms with Crippen molar-refractivity contribution in [2.45, 2.75) is 45.1 Å². The van der Waals surface area contributed by atoms with Crippen molar-refractivity contribution in [1.29, 1.82) is 0 Å². The summed E-state index contributed by atoms with van der Waals surface area (Å²) in [5, 5.41) is 2.27. The van der Waals surface area contributed by atoms with Crippen molar-refractivity contribution < 1.29 is 33.4 Å². The third-order valence-electron chi connectivity index (χ3n) is 5.28. The number of imide groups is 2. The molecule has 0 aromatic heterocycles. The highest BCUT2D eigenvalue weighted by Gasteiger charge is 2.40. The Morgan fingerprint density at radius 1 is 1.22 bits per heavy atom. The minimum atomic E-state index is -0.746. The van der Waals surface area contributed by atoms with Gasteiger partial charge in [0, 0.05) is 6.04 Å². The lowest BCUT2D eigenvalue weighted by atomic mass is 9.93. The number of halogens is 1. The standard InChI is InChI=1S/C22H25BrN2O7/c1-3-31-18(26)12-32-19-16(23)10-13(11-17(19)30-2)9-15-20(27)24-22(29)25(21(15)28)14-7-5-4-6-8-14/h9-11,14H,3-8,12H2,1-2H3,(H,24,27,29). The number of amides is 4. The van der Waals surface area contributed by atoms with E-state index in [1.54, 1.807) is 19.1 Å². The van der Waals surface area contributed by atoms with E-state index in [4.69, 9.17) is 14.2 Å². The first-order valence-corrected chi connectivity index (χ1v) is 11.2. The van der Waals surface area contributed by atoms with Crippen molar-refractivity contribution in [3.63, 3.8) is 0 Å². The molecule has 1 aliphatic heterocycles. The molecule has 0 atom stereocenters. The first-order chi connectivity index (χ1) is 15.3. The van der Waals surface area contributed by atoms with Gasteiger partial charge in [0.05, 0.1) is 18.2 Å². The van der Waals surface area contributed by atoms with E-state index in [9.17, 15) is 19.2 Å². The lowest BCUT2D eigenvalue weighted by Gasteiger charge is -2.35. The number of carbonyl (C=O) groups is 4. The van der Waals surface area contributed by atoms with E-state index in [1.807, 2.05) is 0 Å². The number of barbiturate groups is 1. The molecule has 1 saturated heterocycles. The van der Waals surface area contributed by atoms with Crippen LogP contribution in [0, 0.1) is 0 Å². The largest absolute Gasteiger partial charge is 0.493 e. The number of methoxy groups -OCH3 is 1. The van der Waals surface area contributed by atoms with Gasteiger partial charge in [-0.1, -0.05) is 19.3 Å². The summed E-state index contributed by atoms with van der Waals surface area (Å²) >= 11 is 3.37. The molecule has 3 rings (SSSR count). The molecule has 1 saturated carbocycles. The third kappa shape index (κ3) is 5.29. The van der Waals surface area contributed by atoms with Gasteiger partial charge in [-0.05, 0) is 59.5 Å². The van der Waals surface area contributed by atoms with Crippen LogP contribution < -0.4 is 14.8 Å².